The van der Waals surface area contributed by atoms with Gasteiger partial charge in [-0.25, -0.2) is 32.5 Å². The maximum atomic E-state index is 13.9. The topological polar surface area (TPSA) is 54.5 Å². The van der Waals surface area contributed by atoms with Crippen LogP contribution in [0, 0.1) is 29.6 Å². The quantitative estimate of drug-likeness (QED) is 0.193. The number of aromatic amines is 1. The molecule has 2 aromatic carbocycles. The van der Waals surface area contributed by atoms with Gasteiger partial charge in [0.2, 0.25) is 0 Å². The van der Waals surface area contributed by atoms with Gasteiger partial charge in [-0.3, -0.25) is 0 Å². The van der Waals surface area contributed by atoms with Crippen molar-refractivity contribution in [3.63, 3.8) is 0 Å². The van der Waals surface area contributed by atoms with Crippen LogP contribution in [0.3, 0.4) is 0 Å². The number of halogens is 4. The van der Waals surface area contributed by atoms with Crippen molar-refractivity contribution < 1.29 is 17.6 Å². The SMILES string of the molecule is Fc1cccc(CSc2nc(SCc3cccc(F)c3F)c3n[c][nH]c3n2)c1F. The fourth-order valence-corrected chi connectivity index (χ4v) is 4.34. The van der Waals surface area contributed by atoms with E-state index >= 15 is 0 Å². The average Bonchev–Trinajstić information content (AvgIpc) is 3.19. The minimum atomic E-state index is -0.920. The van der Waals surface area contributed by atoms with Gasteiger partial charge >= 0.3 is 0 Å². The van der Waals surface area contributed by atoms with E-state index in [2.05, 4.69) is 26.3 Å². The van der Waals surface area contributed by atoms with E-state index in [1.54, 1.807) is 0 Å². The highest BCUT2D eigenvalue weighted by Crippen LogP contribution is 2.31. The summed E-state index contributed by atoms with van der Waals surface area (Å²) >= 11 is 2.28. The molecule has 1 N–H and O–H groups in total. The summed E-state index contributed by atoms with van der Waals surface area (Å²) in [5.74, 6) is -3.41. The molecule has 4 nitrogen and oxygen atoms in total. The van der Waals surface area contributed by atoms with Crippen molar-refractivity contribution in [1.82, 2.24) is 19.9 Å². The van der Waals surface area contributed by atoms with Crippen molar-refractivity contribution in [2.75, 3.05) is 0 Å². The predicted octanol–water partition coefficient (Wildman–Crippen LogP) is 5.29. The largest absolute Gasteiger partial charge is 0.320 e. The number of H-pyrrole nitrogens is 1. The molecule has 0 aliphatic heterocycles. The van der Waals surface area contributed by atoms with Crippen molar-refractivity contribution in [3.05, 3.63) is 77.1 Å². The Morgan fingerprint density at radius 2 is 1.45 bits per heavy atom. The maximum absolute atomic E-state index is 13.9. The van der Waals surface area contributed by atoms with E-state index in [-0.39, 0.29) is 22.6 Å². The third-order valence-electron chi connectivity index (χ3n) is 3.96. The summed E-state index contributed by atoms with van der Waals surface area (Å²) in [4.78, 5) is 15.5. The third-order valence-corrected chi connectivity index (χ3v) is 5.87. The molecule has 0 amide bonds. The molecule has 0 atom stereocenters. The van der Waals surface area contributed by atoms with Crippen molar-refractivity contribution in [1.29, 1.82) is 0 Å². The summed E-state index contributed by atoms with van der Waals surface area (Å²) in [6.45, 7) is 0. The monoisotopic (exact) mass is 435 g/mol. The maximum Gasteiger partial charge on any atom is 0.191 e. The highest BCUT2D eigenvalue weighted by molar-refractivity contribution is 7.99. The van der Waals surface area contributed by atoms with Crippen LogP contribution in [0.15, 0.2) is 46.6 Å². The van der Waals surface area contributed by atoms with E-state index in [9.17, 15) is 17.6 Å². The van der Waals surface area contributed by atoms with Gasteiger partial charge in [0, 0.05) is 22.6 Å². The normalized spacial score (nSPS) is 11.3. The summed E-state index contributed by atoms with van der Waals surface area (Å²) in [5.41, 5.74) is 1.22. The number of fused-ring (bicyclic) bond motifs is 1. The Balaban J connectivity index is 1.57. The molecule has 147 valence electrons. The summed E-state index contributed by atoms with van der Waals surface area (Å²) in [6.07, 6.45) is 2.57. The van der Waals surface area contributed by atoms with Crippen molar-refractivity contribution in [3.8, 4) is 0 Å². The molecule has 0 aliphatic rings. The minimum absolute atomic E-state index is 0.121. The molecule has 4 aromatic rings. The molecule has 10 heteroatoms. The number of hydrogen-bond donors (Lipinski definition) is 1. The number of nitrogens with one attached hydrogen (secondary N) is 1. The molecule has 0 fully saturated rings. The van der Waals surface area contributed by atoms with Crippen LogP contribution in [0.4, 0.5) is 17.6 Å². The molecule has 4 rings (SSSR count). The second-order valence-electron chi connectivity index (χ2n) is 5.86. The Bertz CT molecular complexity index is 1180. The van der Waals surface area contributed by atoms with Gasteiger partial charge in [0.1, 0.15) is 10.5 Å². The Morgan fingerprint density at radius 3 is 2.10 bits per heavy atom. The molecule has 1 radical (unpaired) electrons. The average molecular weight is 435 g/mol. The minimum Gasteiger partial charge on any atom is -0.320 e. The van der Waals surface area contributed by atoms with Crippen molar-refractivity contribution in [2.24, 2.45) is 0 Å². The first-order chi connectivity index (χ1) is 14.0. The summed E-state index contributed by atoms with van der Waals surface area (Å²) < 4.78 is 54.5. The molecule has 0 saturated carbocycles. The fourth-order valence-electron chi connectivity index (χ4n) is 2.51. The molecule has 0 saturated heterocycles. The van der Waals surface area contributed by atoms with E-state index < -0.39 is 23.3 Å². The van der Waals surface area contributed by atoms with Gasteiger partial charge in [-0.05, 0) is 12.1 Å². The summed E-state index contributed by atoms with van der Waals surface area (Å²) in [6, 6.07) is 7.93. The van der Waals surface area contributed by atoms with E-state index in [1.165, 1.54) is 24.3 Å². The van der Waals surface area contributed by atoms with Crippen LogP contribution in [-0.2, 0) is 11.5 Å². The number of hydrogen-bond acceptors (Lipinski definition) is 5. The van der Waals surface area contributed by atoms with E-state index in [4.69, 9.17) is 0 Å². The third kappa shape index (κ3) is 4.23. The highest BCUT2D eigenvalue weighted by atomic mass is 32.2. The van der Waals surface area contributed by atoms with Crippen molar-refractivity contribution >= 4 is 34.7 Å². The molecule has 0 bridgehead atoms. The Labute approximate surface area is 171 Å². The summed E-state index contributed by atoms with van der Waals surface area (Å²) in [5, 5.41) is 0.749. The Hall–Kier alpha value is -2.59. The number of imidazole rings is 1. The number of benzene rings is 2. The van der Waals surface area contributed by atoms with Crippen LogP contribution in [0.1, 0.15) is 11.1 Å². The number of rotatable bonds is 6. The second-order valence-corrected chi connectivity index (χ2v) is 7.77. The Morgan fingerprint density at radius 1 is 0.828 bits per heavy atom. The molecule has 0 spiro atoms. The van der Waals surface area contributed by atoms with Crippen LogP contribution in [0.5, 0.6) is 0 Å². The zero-order chi connectivity index (χ0) is 20.4. The lowest BCUT2D eigenvalue weighted by Crippen LogP contribution is -1.96. The lowest BCUT2D eigenvalue weighted by molar-refractivity contribution is 0.502. The van der Waals surface area contributed by atoms with Gasteiger partial charge in [-0.1, -0.05) is 47.8 Å². The van der Waals surface area contributed by atoms with E-state index in [1.807, 2.05) is 0 Å². The molecule has 0 aliphatic carbocycles. The van der Waals surface area contributed by atoms with Gasteiger partial charge in [-0.15, -0.1) is 0 Å². The lowest BCUT2D eigenvalue weighted by atomic mass is 10.2. The number of nitrogens with zero attached hydrogens (tertiary/aromatic N) is 3. The first-order valence-electron chi connectivity index (χ1n) is 8.28. The molecular formula is C19H11F4N4S2. The Kier molecular flexibility index (Phi) is 5.72. The van der Waals surface area contributed by atoms with E-state index in [0.717, 1.165) is 35.7 Å². The van der Waals surface area contributed by atoms with Gasteiger partial charge in [-0.2, -0.15) is 0 Å². The standard InChI is InChI=1S/C19H11F4N4S2/c20-12-5-1-3-10(14(12)22)7-28-18-16-17(25-9-24-16)26-19(27-18)29-8-11-4-2-6-13(21)15(11)23/h1-6H,7-8H2,(H,24,25,26,27). The molecule has 29 heavy (non-hydrogen) atoms. The highest BCUT2D eigenvalue weighted by Gasteiger charge is 2.15. The van der Waals surface area contributed by atoms with Gasteiger partial charge in [0.25, 0.3) is 0 Å². The predicted molar refractivity (Wildman–Crippen MR) is 102 cm³/mol. The van der Waals surface area contributed by atoms with Crippen LogP contribution in [0.25, 0.3) is 11.2 Å². The van der Waals surface area contributed by atoms with E-state index in [0.29, 0.717) is 21.3 Å². The number of thioether (sulfide) groups is 2. The first-order valence-corrected chi connectivity index (χ1v) is 10.2. The zero-order valence-corrected chi connectivity index (χ0v) is 16.2. The first kappa shape index (κ1) is 19.7. The summed E-state index contributed by atoms with van der Waals surface area (Å²) in [7, 11) is 0. The second kappa shape index (κ2) is 8.42. The van der Waals surface area contributed by atoms with Crippen molar-refractivity contribution in [2.45, 2.75) is 21.7 Å². The smallest absolute Gasteiger partial charge is 0.191 e. The zero-order valence-electron chi connectivity index (χ0n) is 14.5. The van der Waals surface area contributed by atoms with Crippen LogP contribution in [0.2, 0.25) is 0 Å². The van der Waals surface area contributed by atoms with Gasteiger partial charge in [0.15, 0.2) is 40.4 Å². The van der Waals surface area contributed by atoms with Crippen LogP contribution in [-0.4, -0.2) is 19.9 Å². The molecule has 0 unspecified atom stereocenters. The molecular weight excluding hydrogens is 424 g/mol. The fraction of sp³-hybridized carbons (Fsp3) is 0.105. The van der Waals surface area contributed by atoms with Gasteiger partial charge in [0.05, 0.1) is 0 Å². The van der Waals surface area contributed by atoms with Crippen LogP contribution < -0.4 is 0 Å². The molecule has 2 aromatic heterocycles. The van der Waals surface area contributed by atoms with Gasteiger partial charge < -0.3 is 4.98 Å². The molecule has 2 heterocycles. The number of aromatic nitrogens is 4. The lowest BCUT2D eigenvalue weighted by Gasteiger charge is -2.07. The van der Waals surface area contributed by atoms with Crippen LogP contribution >= 0.6 is 23.5 Å².